The highest BCUT2D eigenvalue weighted by molar-refractivity contribution is 14.0. The van der Waals surface area contributed by atoms with Crippen LogP contribution in [-0.4, -0.2) is 49.6 Å². The van der Waals surface area contributed by atoms with Crippen molar-refractivity contribution in [2.45, 2.75) is 58.9 Å². The molecule has 1 rings (SSSR count). The van der Waals surface area contributed by atoms with Crippen LogP contribution in [0.1, 0.15) is 53.4 Å². The number of carbonyl (C=O) groups excluding carboxylic acids is 1. The predicted molar refractivity (Wildman–Crippen MR) is 102 cm³/mol. The number of halogens is 1. The van der Waals surface area contributed by atoms with Gasteiger partial charge in [-0.1, -0.05) is 20.3 Å². The van der Waals surface area contributed by atoms with Crippen molar-refractivity contribution in [3.8, 4) is 0 Å². The summed E-state index contributed by atoms with van der Waals surface area (Å²) in [5.41, 5.74) is 0.435. The van der Waals surface area contributed by atoms with Crippen molar-refractivity contribution in [3.05, 3.63) is 0 Å². The SMILES string of the molecule is CN=C(NCCCCCC(=O)OC)N1CC(C)(C)C1(C)C.I. The summed E-state index contributed by atoms with van der Waals surface area (Å²) in [4.78, 5) is 17.7. The van der Waals surface area contributed by atoms with Crippen molar-refractivity contribution in [1.82, 2.24) is 10.2 Å². The molecule has 1 fully saturated rings. The molecule has 0 aromatic carbocycles. The molecule has 0 aliphatic carbocycles. The molecule has 0 spiro atoms. The second-order valence-electron chi connectivity index (χ2n) is 6.89. The summed E-state index contributed by atoms with van der Waals surface area (Å²) in [5.74, 6) is 0.857. The molecule has 0 amide bonds. The average Bonchev–Trinajstić information content (AvgIpc) is 2.44. The standard InChI is InChI=1S/C16H31N3O2.HI/c1-15(2)12-19(16(15,3)4)14(17-5)18-11-9-7-8-10-13(20)21-6;/h7-12H2,1-6H3,(H,17,18);1H. The molecule has 1 aliphatic heterocycles. The van der Waals surface area contributed by atoms with Crippen LogP contribution in [0.2, 0.25) is 0 Å². The first-order valence-electron chi connectivity index (χ1n) is 7.81. The third-order valence-corrected chi connectivity index (χ3v) is 4.92. The Morgan fingerprint density at radius 2 is 1.86 bits per heavy atom. The lowest BCUT2D eigenvalue weighted by Crippen LogP contribution is -2.72. The lowest BCUT2D eigenvalue weighted by Gasteiger charge is -2.62. The van der Waals surface area contributed by atoms with Crippen molar-refractivity contribution in [1.29, 1.82) is 0 Å². The van der Waals surface area contributed by atoms with E-state index in [4.69, 9.17) is 0 Å². The first kappa shape index (κ1) is 21.5. The molecule has 0 unspecified atom stereocenters. The zero-order valence-corrected chi connectivity index (χ0v) is 17.2. The van der Waals surface area contributed by atoms with Gasteiger partial charge < -0.3 is 15.0 Å². The van der Waals surface area contributed by atoms with Gasteiger partial charge in [0.25, 0.3) is 0 Å². The van der Waals surface area contributed by atoms with Gasteiger partial charge in [0.1, 0.15) is 0 Å². The minimum atomic E-state index is -0.122. The minimum absolute atomic E-state index is 0. The molecule has 0 aromatic heterocycles. The molecule has 1 saturated heterocycles. The number of guanidine groups is 1. The van der Waals surface area contributed by atoms with E-state index in [1.165, 1.54) is 7.11 Å². The van der Waals surface area contributed by atoms with Gasteiger partial charge in [0.2, 0.25) is 0 Å². The first-order chi connectivity index (χ1) is 9.76. The van der Waals surface area contributed by atoms with Gasteiger partial charge in [-0.3, -0.25) is 9.79 Å². The summed E-state index contributed by atoms with van der Waals surface area (Å²) in [7, 11) is 3.27. The fraction of sp³-hybridized carbons (Fsp3) is 0.875. The van der Waals surface area contributed by atoms with Crippen LogP contribution in [0.3, 0.4) is 0 Å². The monoisotopic (exact) mass is 425 g/mol. The summed E-state index contributed by atoms with van der Waals surface area (Å²) in [6.45, 7) is 11.0. The van der Waals surface area contributed by atoms with E-state index >= 15 is 0 Å². The minimum Gasteiger partial charge on any atom is -0.469 e. The highest BCUT2D eigenvalue weighted by Crippen LogP contribution is 2.46. The number of rotatable bonds is 6. The molecule has 0 aromatic rings. The summed E-state index contributed by atoms with van der Waals surface area (Å²) in [6, 6.07) is 0. The van der Waals surface area contributed by atoms with Crippen molar-refractivity contribution < 1.29 is 9.53 Å². The molecular formula is C16H32IN3O2. The molecular weight excluding hydrogens is 393 g/mol. The number of ether oxygens (including phenoxy) is 1. The topological polar surface area (TPSA) is 53.9 Å². The number of carbonyl (C=O) groups is 1. The quantitative estimate of drug-likeness (QED) is 0.234. The zero-order chi connectivity index (χ0) is 16.1. The van der Waals surface area contributed by atoms with Crippen LogP contribution >= 0.6 is 24.0 Å². The highest BCUT2D eigenvalue weighted by atomic mass is 127. The van der Waals surface area contributed by atoms with Crippen molar-refractivity contribution in [2.24, 2.45) is 10.4 Å². The number of nitrogens with zero attached hydrogens (tertiary/aromatic N) is 2. The van der Waals surface area contributed by atoms with Crippen LogP contribution < -0.4 is 5.32 Å². The Hall–Kier alpha value is -0.530. The number of hydrogen-bond acceptors (Lipinski definition) is 3. The number of esters is 1. The molecule has 22 heavy (non-hydrogen) atoms. The van der Waals surface area contributed by atoms with Gasteiger partial charge >= 0.3 is 5.97 Å². The molecule has 0 atom stereocenters. The molecule has 0 radical (unpaired) electrons. The lowest BCUT2D eigenvalue weighted by molar-refractivity contribution is -0.140. The van der Waals surface area contributed by atoms with Crippen molar-refractivity contribution >= 4 is 35.9 Å². The van der Waals surface area contributed by atoms with Crippen molar-refractivity contribution in [2.75, 3.05) is 27.2 Å². The van der Waals surface area contributed by atoms with E-state index < -0.39 is 0 Å². The second kappa shape index (κ2) is 8.93. The summed E-state index contributed by atoms with van der Waals surface area (Å²) in [6.07, 6.45) is 3.45. The Balaban J connectivity index is 0.00000441. The Kier molecular flexibility index (Phi) is 8.72. The highest BCUT2D eigenvalue weighted by Gasteiger charge is 2.53. The number of nitrogens with one attached hydrogen (secondary N) is 1. The molecule has 6 heteroatoms. The van der Waals surface area contributed by atoms with Gasteiger partial charge in [-0.05, 0) is 26.7 Å². The van der Waals surface area contributed by atoms with Gasteiger partial charge in [-0.25, -0.2) is 0 Å². The third-order valence-electron chi connectivity index (χ3n) is 4.92. The van der Waals surface area contributed by atoms with E-state index in [2.05, 4.69) is 47.6 Å². The maximum atomic E-state index is 11.0. The molecule has 5 nitrogen and oxygen atoms in total. The molecule has 130 valence electrons. The third kappa shape index (κ3) is 4.99. The van der Waals surface area contributed by atoms with E-state index in [0.717, 1.165) is 38.3 Å². The fourth-order valence-corrected chi connectivity index (χ4v) is 2.57. The molecule has 0 saturated carbocycles. The maximum absolute atomic E-state index is 11.0. The Morgan fingerprint density at radius 1 is 1.23 bits per heavy atom. The largest absolute Gasteiger partial charge is 0.469 e. The van der Waals surface area contributed by atoms with Gasteiger partial charge in [-0.15, -0.1) is 24.0 Å². The van der Waals surface area contributed by atoms with Crippen LogP contribution in [0, 0.1) is 5.41 Å². The van der Waals surface area contributed by atoms with Crippen LogP contribution in [0.15, 0.2) is 4.99 Å². The van der Waals surface area contributed by atoms with E-state index in [0.29, 0.717) is 11.8 Å². The smallest absolute Gasteiger partial charge is 0.305 e. The van der Waals surface area contributed by atoms with Gasteiger partial charge in [0.15, 0.2) is 5.96 Å². The summed E-state index contributed by atoms with van der Waals surface area (Å²) < 4.78 is 4.63. The van der Waals surface area contributed by atoms with Gasteiger partial charge in [0.05, 0.1) is 7.11 Å². The number of unbranched alkanes of at least 4 members (excludes halogenated alkanes) is 2. The Bertz CT molecular complexity index is 395. The van der Waals surface area contributed by atoms with E-state index in [9.17, 15) is 4.79 Å². The van der Waals surface area contributed by atoms with E-state index in [-0.39, 0.29) is 35.5 Å². The van der Waals surface area contributed by atoms with Crippen LogP contribution in [0.4, 0.5) is 0 Å². The molecule has 0 bridgehead atoms. The molecule has 1 heterocycles. The van der Waals surface area contributed by atoms with Crippen LogP contribution in [0.5, 0.6) is 0 Å². The van der Waals surface area contributed by atoms with Crippen LogP contribution in [0.25, 0.3) is 0 Å². The van der Waals surface area contributed by atoms with Gasteiger partial charge in [-0.2, -0.15) is 0 Å². The number of hydrogen-bond donors (Lipinski definition) is 1. The Morgan fingerprint density at radius 3 is 2.32 bits per heavy atom. The normalized spacial score (nSPS) is 19.0. The number of methoxy groups -OCH3 is 1. The van der Waals surface area contributed by atoms with E-state index in [1.807, 2.05) is 7.05 Å². The summed E-state index contributed by atoms with van der Waals surface area (Å²) in [5, 5.41) is 3.43. The van der Waals surface area contributed by atoms with Gasteiger partial charge in [0, 0.05) is 37.5 Å². The number of likely N-dealkylation sites (tertiary alicyclic amines) is 1. The molecule has 1 N–H and O–H groups in total. The average molecular weight is 425 g/mol. The molecule has 1 aliphatic rings. The summed E-state index contributed by atoms with van der Waals surface area (Å²) >= 11 is 0. The maximum Gasteiger partial charge on any atom is 0.305 e. The Labute approximate surface area is 152 Å². The van der Waals surface area contributed by atoms with Crippen molar-refractivity contribution in [3.63, 3.8) is 0 Å². The van der Waals surface area contributed by atoms with E-state index in [1.54, 1.807) is 0 Å². The number of aliphatic imine (C=N–C) groups is 1. The lowest BCUT2D eigenvalue weighted by atomic mass is 9.65. The predicted octanol–water partition coefficient (Wildman–Crippen LogP) is 3.03. The zero-order valence-electron chi connectivity index (χ0n) is 14.9. The van der Waals surface area contributed by atoms with Crippen LogP contribution in [-0.2, 0) is 9.53 Å². The second-order valence-corrected chi connectivity index (χ2v) is 6.89. The fourth-order valence-electron chi connectivity index (χ4n) is 2.57. The first-order valence-corrected chi connectivity index (χ1v) is 7.81.